The average Bonchev–Trinajstić information content (AvgIpc) is 2.68. The molecule has 0 saturated carbocycles. The average molecular weight is 339 g/mol. The number of pyridine rings is 1. The summed E-state index contributed by atoms with van der Waals surface area (Å²) in [7, 11) is 0. The molecule has 0 radical (unpaired) electrons. The molecule has 1 aliphatic heterocycles. The van der Waals surface area contributed by atoms with E-state index in [4.69, 9.17) is 0 Å². The number of amides is 2. The molecule has 1 atom stereocenters. The van der Waals surface area contributed by atoms with Gasteiger partial charge >= 0.3 is 6.03 Å². The Balaban J connectivity index is 1.53. The fourth-order valence-electron chi connectivity index (χ4n) is 3.09. The van der Waals surface area contributed by atoms with Crippen LogP contribution in [-0.4, -0.2) is 39.0 Å². The molecule has 3 heterocycles. The molecule has 0 bridgehead atoms. The van der Waals surface area contributed by atoms with E-state index in [1.165, 1.54) is 5.56 Å². The van der Waals surface area contributed by atoms with Gasteiger partial charge in [-0.05, 0) is 42.9 Å². The first-order valence-corrected chi connectivity index (χ1v) is 8.95. The summed E-state index contributed by atoms with van der Waals surface area (Å²) in [5.74, 6) is 1.65. The molecule has 0 spiro atoms. The van der Waals surface area contributed by atoms with Crippen LogP contribution in [0.15, 0.2) is 36.9 Å². The maximum absolute atomic E-state index is 12.4. The van der Waals surface area contributed by atoms with Crippen LogP contribution >= 0.6 is 0 Å². The highest BCUT2D eigenvalue weighted by Gasteiger charge is 2.24. The van der Waals surface area contributed by atoms with Gasteiger partial charge in [0.1, 0.15) is 5.82 Å². The minimum atomic E-state index is -0.0759. The number of urea groups is 1. The lowest BCUT2D eigenvalue weighted by atomic mass is 9.90. The third-order valence-electron chi connectivity index (χ3n) is 4.94. The number of nitrogens with zero attached hydrogens (tertiary/aromatic N) is 4. The summed E-state index contributed by atoms with van der Waals surface area (Å²) in [6.45, 7) is 5.72. The lowest BCUT2D eigenvalue weighted by Gasteiger charge is -2.32. The Kier molecular flexibility index (Phi) is 5.58. The van der Waals surface area contributed by atoms with Gasteiger partial charge in [0.15, 0.2) is 0 Å². The molecule has 1 aliphatic rings. The molecule has 6 nitrogen and oxygen atoms in total. The Hall–Kier alpha value is -2.50. The van der Waals surface area contributed by atoms with Crippen molar-refractivity contribution in [2.45, 2.75) is 44.9 Å². The molecule has 2 amide bonds. The summed E-state index contributed by atoms with van der Waals surface area (Å²) in [4.78, 5) is 27.1. The summed E-state index contributed by atoms with van der Waals surface area (Å²) >= 11 is 0. The zero-order valence-corrected chi connectivity index (χ0v) is 14.9. The summed E-state index contributed by atoms with van der Waals surface area (Å²) < 4.78 is 0. The molecule has 2 aromatic heterocycles. The van der Waals surface area contributed by atoms with Crippen LogP contribution in [-0.2, 0) is 0 Å². The van der Waals surface area contributed by atoms with E-state index in [0.717, 1.165) is 38.2 Å². The van der Waals surface area contributed by atoms with Crippen molar-refractivity contribution in [3.63, 3.8) is 0 Å². The number of piperidine rings is 1. The summed E-state index contributed by atoms with van der Waals surface area (Å²) in [5, 5.41) is 2.90. The minimum Gasteiger partial charge on any atom is -0.324 e. The maximum Gasteiger partial charge on any atom is 0.321 e. The number of likely N-dealkylation sites (tertiary alicyclic amines) is 1. The Morgan fingerprint density at radius 2 is 1.88 bits per heavy atom. The van der Waals surface area contributed by atoms with Crippen molar-refractivity contribution in [2.24, 2.45) is 0 Å². The van der Waals surface area contributed by atoms with Crippen molar-refractivity contribution in [2.75, 3.05) is 18.4 Å². The fourth-order valence-corrected chi connectivity index (χ4v) is 3.09. The fraction of sp³-hybridized carbons (Fsp3) is 0.474. The maximum atomic E-state index is 12.4. The lowest BCUT2D eigenvalue weighted by Crippen LogP contribution is -2.40. The second-order valence-corrected chi connectivity index (χ2v) is 6.61. The van der Waals surface area contributed by atoms with Crippen molar-refractivity contribution in [1.29, 1.82) is 0 Å². The zero-order chi connectivity index (χ0) is 17.6. The third-order valence-corrected chi connectivity index (χ3v) is 4.94. The molecule has 0 unspecified atom stereocenters. The number of hydrogen-bond acceptors (Lipinski definition) is 4. The van der Waals surface area contributed by atoms with Gasteiger partial charge in [0.2, 0.25) is 0 Å². The van der Waals surface area contributed by atoms with Gasteiger partial charge in [0.05, 0.1) is 18.1 Å². The molecule has 132 valence electrons. The lowest BCUT2D eigenvalue weighted by molar-refractivity contribution is 0.194. The molecule has 6 heteroatoms. The van der Waals surface area contributed by atoms with Crippen molar-refractivity contribution >= 4 is 11.7 Å². The number of carbonyl (C=O) groups excluding carboxylic acids is 1. The van der Waals surface area contributed by atoms with E-state index in [9.17, 15) is 4.79 Å². The molecular formula is C19H25N5O. The van der Waals surface area contributed by atoms with Gasteiger partial charge in [0.25, 0.3) is 0 Å². The highest BCUT2D eigenvalue weighted by atomic mass is 16.2. The third kappa shape index (κ3) is 4.32. The van der Waals surface area contributed by atoms with Crippen LogP contribution in [0, 0.1) is 0 Å². The molecule has 1 N–H and O–H groups in total. The molecule has 1 saturated heterocycles. The van der Waals surface area contributed by atoms with Crippen LogP contribution in [0.4, 0.5) is 10.5 Å². The highest BCUT2D eigenvalue weighted by Crippen LogP contribution is 2.27. The normalized spacial score (nSPS) is 16.5. The largest absolute Gasteiger partial charge is 0.324 e. The molecule has 3 rings (SSSR count). The Bertz CT molecular complexity index is 681. The van der Waals surface area contributed by atoms with Crippen molar-refractivity contribution in [3.05, 3.63) is 48.3 Å². The van der Waals surface area contributed by atoms with Gasteiger partial charge in [-0.1, -0.05) is 13.8 Å². The SMILES string of the molecule is CC[C@@H](C)c1ncc(NC(=O)N2CCC(c3ccncc3)CC2)cn1. The van der Waals surface area contributed by atoms with E-state index >= 15 is 0 Å². The van der Waals surface area contributed by atoms with Gasteiger partial charge in [-0.2, -0.15) is 0 Å². The van der Waals surface area contributed by atoms with Crippen LogP contribution in [0.2, 0.25) is 0 Å². The van der Waals surface area contributed by atoms with Crippen molar-refractivity contribution in [1.82, 2.24) is 19.9 Å². The van der Waals surface area contributed by atoms with Gasteiger partial charge < -0.3 is 10.2 Å². The minimum absolute atomic E-state index is 0.0759. The number of nitrogens with one attached hydrogen (secondary N) is 1. The quantitative estimate of drug-likeness (QED) is 0.920. The standard InChI is InChI=1S/C19H25N5O/c1-3-14(2)18-21-12-17(13-22-18)23-19(25)24-10-6-16(7-11-24)15-4-8-20-9-5-15/h4-5,8-9,12-14,16H,3,6-7,10-11H2,1-2H3,(H,23,25)/t14-/m1/s1. The van der Waals surface area contributed by atoms with E-state index in [-0.39, 0.29) is 6.03 Å². The van der Waals surface area contributed by atoms with Gasteiger partial charge in [-0.15, -0.1) is 0 Å². The van der Waals surface area contributed by atoms with Crippen LogP contribution in [0.3, 0.4) is 0 Å². The molecule has 0 aliphatic carbocycles. The second-order valence-electron chi connectivity index (χ2n) is 6.61. The van der Waals surface area contributed by atoms with Crippen LogP contribution in [0.5, 0.6) is 0 Å². The van der Waals surface area contributed by atoms with Crippen molar-refractivity contribution in [3.8, 4) is 0 Å². The number of aromatic nitrogens is 3. The Morgan fingerprint density at radius 3 is 2.48 bits per heavy atom. The number of rotatable bonds is 4. The van der Waals surface area contributed by atoms with E-state index in [1.807, 2.05) is 17.3 Å². The van der Waals surface area contributed by atoms with E-state index < -0.39 is 0 Å². The van der Waals surface area contributed by atoms with Crippen LogP contribution in [0.1, 0.15) is 56.3 Å². The molecular weight excluding hydrogens is 314 g/mol. The number of carbonyl (C=O) groups is 1. The Morgan fingerprint density at radius 1 is 1.24 bits per heavy atom. The van der Waals surface area contributed by atoms with Crippen molar-refractivity contribution < 1.29 is 4.79 Å². The summed E-state index contributed by atoms with van der Waals surface area (Å²) in [5.41, 5.74) is 1.96. The summed E-state index contributed by atoms with van der Waals surface area (Å²) in [6.07, 6.45) is 9.99. The van der Waals surface area contributed by atoms with Gasteiger partial charge in [-0.25, -0.2) is 14.8 Å². The number of hydrogen-bond donors (Lipinski definition) is 1. The summed E-state index contributed by atoms with van der Waals surface area (Å²) in [6, 6.07) is 4.06. The van der Waals surface area contributed by atoms with Gasteiger partial charge in [0, 0.05) is 31.4 Å². The van der Waals surface area contributed by atoms with E-state index in [1.54, 1.807) is 12.4 Å². The predicted molar refractivity (Wildman–Crippen MR) is 97.5 cm³/mol. The predicted octanol–water partition coefficient (Wildman–Crippen LogP) is 3.80. The van der Waals surface area contributed by atoms with E-state index in [0.29, 0.717) is 17.5 Å². The molecule has 25 heavy (non-hydrogen) atoms. The topological polar surface area (TPSA) is 71.0 Å². The highest BCUT2D eigenvalue weighted by molar-refractivity contribution is 5.89. The zero-order valence-electron chi connectivity index (χ0n) is 14.9. The molecule has 2 aromatic rings. The Labute approximate surface area is 148 Å². The smallest absolute Gasteiger partial charge is 0.321 e. The molecule has 0 aromatic carbocycles. The second kappa shape index (κ2) is 8.05. The monoisotopic (exact) mass is 339 g/mol. The molecule has 1 fully saturated rings. The first-order valence-electron chi connectivity index (χ1n) is 8.95. The van der Waals surface area contributed by atoms with Gasteiger partial charge in [-0.3, -0.25) is 4.98 Å². The van der Waals surface area contributed by atoms with Crippen LogP contribution < -0.4 is 5.32 Å². The van der Waals surface area contributed by atoms with Crippen LogP contribution in [0.25, 0.3) is 0 Å². The first-order chi connectivity index (χ1) is 12.2. The van der Waals surface area contributed by atoms with E-state index in [2.05, 4.69) is 46.2 Å². The number of anilines is 1. The first kappa shape index (κ1) is 17.3.